The number of amides is 1. The summed E-state index contributed by atoms with van der Waals surface area (Å²) >= 11 is 6.38. The van der Waals surface area contributed by atoms with Crippen LogP contribution in [0.4, 0.5) is 4.79 Å². The van der Waals surface area contributed by atoms with Crippen LogP contribution in [0.5, 0.6) is 0 Å². The van der Waals surface area contributed by atoms with Gasteiger partial charge in [-0.3, -0.25) is 9.88 Å². The fourth-order valence-corrected chi connectivity index (χ4v) is 6.48. The topological polar surface area (TPSA) is 45.7 Å². The molecule has 1 aromatic heterocycles. The highest BCUT2D eigenvalue weighted by molar-refractivity contribution is 6.30. The fraction of sp³-hybridized carbons (Fsp3) is 0.586. The number of benzene rings is 1. The van der Waals surface area contributed by atoms with E-state index in [1.54, 1.807) is 0 Å². The second kappa shape index (κ2) is 10.1. The highest BCUT2D eigenvalue weighted by Crippen LogP contribution is 2.40. The van der Waals surface area contributed by atoms with E-state index in [4.69, 9.17) is 21.3 Å². The maximum atomic E-state index is 12.4. The average molecular weight is 496 g/mol. The molecule has 2 fully saturated rings. The molecule has 3 heterocycles. The molecule has 0 bridgehead atoms. The van der Waals surface area contributed by atoms with Crippen molar-refractivity contribution in [3.63, 3.8) is 0 Å². The molecule has 2 saturated heterocycles. The van der Waals surface area contributed by atoms with Crippen LogP contribution in [0.25, 0.3) is 0 Å². The lowest BCUT2D eigenvalue weighted by Crippen LogP contribution is -2.45. The van der Waals surface area contributed by atoms with Gasteiger partial charge in [-0.05, 0) is 119 Å². The molecule has 5 rings (SSSR count). The van der Waals surface area contributed by atoms with E-state index in [0.717, 1.165) is 62.8 Å². The van der Waals surface area contributed by atoms with Crippen molar-refractivity contribution < 1.29 is 9.53 Å². The summed E-state index contributed by atoms with van der Waals surface area (Å²) in [4.78, 5) is 21.9. The lowest BCUT2D eigenvalue weighted by molar-refractivity contribution is 0.0129. The monoisotopic (exact) mass is 495 g/mol. The maximum absolute atomic E-state index is 12.4. The van der Waals surface area contributed by atoms with E-state index in [-0.39, 0.29) is 12.1 Å². The molecule has 5 nitrogen and oxygen atoms in total. The number of carbonyl (C=O) groups excluding carboxylic acids is 1. The Balaban J connectivity index is 1.25. The standard InChI is InChI=1S/C29H38ClN3O2/c1-29(2,3)35-28(34)33-17-12-21(13-18-33)20-10-15-32(16-11-20)27-25-9-8-24(30)19-23(25)7-6-22-5-4-14-31-26(22)27/h4-5,8-9,14,19-21,27H,6-7,10-13,15-18H2,1-3H3. The van der Waals surface area contributed by atoms with Crippen LogP contribution in [0, 0.1) is 11.8 Å². The first-order valence-electron chi connectivity index (χ1n) is 13.2. The highest BCUT2D eigenvalue weighted by Gasteiger charge is 2.36. The van der Waals surface area contributed by atoms with E-state index in [9.17, 15) is 4.79 Å². The Morgan fingerprint density at radius 3 is 2.31 bits per heavy atom. The van der Waals surface area contributed by atoms with Crippen molar-refractivity contribution in [3.8, 4) is 0 Å². The Labute approximate surface area is 214 Å². The van der Waals surface area contributed by atoms with Gasteiger partial charge in [0, 0.05) is 24.3 Å². The third-order valence-corrected chi connectivity index (χ3v) is 8.28. The van der Waals surface area contributed by atoms with Gasteiger partial charge in [0.25, 0.3) is 0 Å². The Bertz CT molecular complexity index is 1050. The van der Waals surface area contributed by atoms with Gasteiger partial charge in [-0.2, -0.15) is 0 Å². The number of fused-ring (bicyclic) bond motifs is 2. The van der Waals surface area contributed by atoms with Gasteiger partial charge in [-0.15, -0.1) is 0 Å². The second-order valence-electron chi connectivity index (χ2n) is 11.5. The minimum Gasteiger partial charge on any atom is -0.444 e. The van der Waals surface area contributed by atoms with Crippen molar-refractivity contribution in [2.75, 3.05) is 26.2 Å². The predicted octanol–water partition coefficient (Wildman–Crippen LogP) is 6.28. The number of halogens is 1. The Morgan fingerprint density at radius 1 is 0.971 bits per heavy atom. The predicted molar refractivity (Wildman–Crippen MR) is 140 cm³/mol. The molecule has 0 saturated carbocycles. The summed E-state index contributed by atoms with van der Waals surface area (Å²) in [5.41, 5.74) is 4.88. The molecule has 6 heteroatoms. The molecule has 2 aliphatic heterocycles. The van der Waals surface area contributed by atoms with Crippen LogP contribution >= 0.6 is 11.6 Å². The number of pyridine rings is 1. The van der Waals surface area contributed by atoms with Crippen molar-refractivity contribution >= 4 is 17.7 Å². The minimum atomic E-state index is -0.434. The number of piperidine rings is 2. The molecular weight excluding hydrogens is 458 g/mol. The molecule has 0 N–H and O–H groups in total. The molecular formula is C29H38ClN3O2. The number of ether oxygens (including phenoxy) is 1. The number of nitrogens with zero attached hydrogens (tertiary/aromatic N) is 3. The van der Waals surface area contributed by atoms with E-state index in [1.165, 1.54) is 35.2 Å². The number of hydrogen-bond donors (Lipinski definition) is 0. The van der Waals surface area contributed by atoms with Gasteiger partial charge in [-0.1, -0.05) is 23.7 Å². The maximum Gasteiger partial charge on any atom is 0.410 e. The third-order valence-electron chi connectivity index (χ3n) is 8.05. The van der Waals surface area contributed by atoms with Crippen LogP contribution in [0.3, 0.4) is 0 Å². The number of carbonyl (C=O) groups is 1. The van der Waals surface area contributed by atoms with Crippen molar-refractivity contribution in [1.29, 1.82) is 0 Å². The first-order valence-corrected chi connectivity index (χ1v) is 13.6. The zero-order valence-electron chi connectivity index (χ0n) is 21.3. The average Bonchev–Trinajstić information content (AvgIpc) is 3.00. The summed E-state index contributed by atoms with van der Waals surface area (Å²) in [6, 6.07) is 10.9. The number of likely N-dealkylation sites (tertiary alicyclic amines) is 2. The molecule has 188 valence electrons. The van der Waals surface area contributed by atoms with Gasteiger partial charge in [0.2, 0.25) is 0 Å². The zero-order valence-corrected chi connectivity index (χ0v) is 22.1. The van der Waals surface area contributed by atoms with Crippen LogP contribution in [-0.2, 0) is 17.6 Å². The summed E-state index contributed by atoms with van der Waals surface area (Å²) in [5.74, 6) is 1.42. The summed E-state index contributed by atoms with van der Waals surface area (Å²) in [5, 5.41) is 0.817. The van der Waals surface area contributed by atoms with Crippen molar-refractivity contribution in [2.45, 2.75) is 70.9 Å². The highest BCUT2D eigenvalue weighted by atomic mass is 35.5. The van der Waals surface area contributed by atoms with Crippen LogP contribution < -0.4 is 0 Å². The Hall–Kier alpha value is -2.11. The smallest absolute Gasteiger partial charge is 0.410 e. The molecule has 1 aromatic carbocycles. The van der Waals surface area contributed by atoms with Crippen molar-refractivity contribution in [3.05, 3.63) is 63.9 Å². The normalized spacial score (nSPS) is 22.3. The van der Waals surface area contributed by atoms with E-state index in [2.05, 4.69) is 29.2 Å². The fourth-order valence-electron chi connectivity index (χ4n) is 6.28. The molecule has 1 aliphatic carbocycles. The Morgan fingerprint density at radius 2 is 1.63 bits per heavy atom. The molecule has 1 amide bonds. The van der Waals surface area contributed by atoms with Gasteiger partial charge in [0.1, 0.15) is 5.60 Å². The minimum absolute atomic E-state index is 0.163. The largest absolute Gasteiger partial charge is 0.444 e. The van der Waals surface area contributed by atoms with Gasteiger partial charge in [-0.25, -0.2) is 4.79 Å². The summed E-state index contributed by atoms with van der Waals surface area (Å²) < 4.78 is 5.58. The summed E-state index contributed by atoms with van der Waals surface area (Å²) in [7, 11) is 0. The van der Waals surface area contributed by atoms with Gasteiger partial charge in [0.05, 0.1) is 11.7 Å². The molecule has 35 heavy (non-hydrogen) atoms. The van der Waals surface area contributed by atoms with E-state index in [1.807, 2.05) is 37.9 Å². The molecule has 2 aromatic rings. The van der Waals surface area contributed by atoms with E-state index < -0.39 is 5.60 Å². The van der Waals surface area contributed by atoms with E-state index >= 15 is 0 Å². The lowest BCUT2D eigenvalue weighted by Gasteiger charge is -2.42. The van der Waals surface area contributed by atoms with Gasteiger partial charge < -0.3 is 9.64 Å². The van der Waals surface area contributed by atoms with Crippen LogP contribution in [-0.4, -0.2) is 52.7 Å². The number of aromatic nitrogens is 1. The van der Waals surface area contributed by atoms with Crippen LogP contribution in [0.2, 0.25) is 5.02 Å². The van der Waals surface area contributed by atoms with E-state index in [0.29, 0.717) is 5.92 Å². The number of hydrogen-bond acceptors (Lipinski definition) is 4. The van der Waals surface area contributed by atoms with Crippen LogP contribution in [0.1, 0.15) is 74.9 Å². The van der Waals surface area contributed by atoms with Gasteiger partial charge in [0.15, 0.2) is 0 Å². The molecule has 0 radical (unpaired) electrons. The molecule has 1 atom stereocenters. The Kier molecular flexibility index (Phi) is 7.09. The number of rotatable bonds is 2. The van der Waals surface area contributed by atoms with Crippen molar-refractivity contribution in [1.82, 2.24) is 14.8 Å². The first-order chi connectivity index (χ1) is 16.8. The zero-order chi connectivity index (χ0) is 24.6. The SMILES string of the molecule is CC(C)(C)OC(=O)N1CCC(C2CCN(C3c4ccc(Cl)cc4CCc4cccnc43)CC2)CC1. The first kappa shape index (κ1) is 24.6. The van der Waals surface area contributed by atoms with Crippen LogP contribution in [0.15, 0.2) is 36.5 Å². The molecule has 1 unspecified atom stereocenters. The molecule has 0 spiro atoms. The summed E-state index contributed by atoms with van der Waals surface area (Å²) in [6.45, 7) is 9.59. The van der Waals surface area contributed by atoms with Gasteiger partial charge >= 0.3 is 6.09 Å². The quantitative estimate of drug-likeness (QED) is 0.491. The molecule has 3 aliphatic rings. The second-order valence-corrected chi connectivity index (χ2v) is 11.9. The third kappa shape index (κ3) is 5.51. The summed E-state index contributed by atoms with van der Waals surface area (Å²) in [6.07, 6.45) is 8.38. The van der Waals surface area contributed by atoms with Crippen molar-refractivity contribution in [2.24, 2.45) is 11.8 Å². The lowest BCUT2D eigenvalue weighted by atomic mass is 9.78. The number of aryl methyl sites for hydroxylation is 2.